The third-order valence-corrected chi connectivity index (χ3v) is 6.47. The third kappa shape index (κ3) is 4.34. The molecular formula is C27H22BrFN2O4. The minimum absolute atomic E-state index is 0.429. The Morgan fingerprint density at radius 3 is 2.23 bits per heavy atom. The molecule has 0 aliphatic carbocycles. The Kier molecular flexibility index (Phi) is 5.71. The molecule has 2 aromatic heterocycles. The second kappa shape index (κ2) is 8.61. The summed E-state index contributed by atoms with van der Waals surface area (Å²) in [5.41, 5.74) is 4.27. The van der Waals surface area contributed by atoms with Gasteiger partial charge in [0.15, 0.2) is 5.92 Å². The average Bonchev–Trinajstić information content (AvgIpc) is 3.15. The number of fused-ring (bicyclic) bond motifs is 1. The normalized spacial score (nSPS) is 16.7. The summed E-state index contributed by atoms with van der Waals surface area (Å²) < 4.78 is 27.5. The lowest BCUT2D eigenvalue weighted by Crippen LogP contribution is -2.48. The first-order chi connectivity index (χ1) is 16.6. The van der Waals surface area contributed by atoms with Gasteiger partial charge in [0.05, 0.1) is 17.3 Å². The molecule has 0 bridgehead atoms. The van der Waals surface area contributed by atoms with Gasteiger partial charge in [0.25, 0.3) is 5.79 Å². The molecule has 178 valence electrons. The number of rotatable bonds is 4. The fourth-order valence-corrected chi connectivity index (χ4v) is 4.77. The van der Waals surface area contributed by atoms with Gasteiger partial charge in [0, 0.05) is 30.1 Å². The van der Waals surface area contributed by atoms with Crippen LogP contribution < -0.4 is 0 Å². The van der Waals surface area contributed by atoms with Gasteiger partial charge in [-0.2, -0.15) is 0 Å². The van der Waals surface area contributed by atoms with Gasteiger partial charge in [0.2, 0.25) is 0 Å². The molecule has 6 nitrogen and oxygen atoms in total. The highest BCUT2D eigenvalue weighted by Crippen LogP contribution is 2.42. The van der Waals surface area contributed by atoms with Crippen molar-refractivity contribution in [2.45, 2.75) is 32.5 Å². The molecule has 35 heavy (non-hydrogen) atoms. The zero-order chi connectivity index (χ0) is 24.9. The predicted molar refractivity (Wildman–Crippen MR) is 131 cm³/mol. The van der Waals surface area contributed by atoms with Crippen molar-refractivity contribution in [1.82, 2.24) is 9.38 Å². The second-order valence-electron chi connectivity index (χ2n) is 9.04. The van der Waals surface area contributed by atoms with E-state index >= 15 is 0 Å². The highest BCUT2D eigenvalue weighted by atomic mass is 79.9. The SMILES string of the molecule is Cc1ccc(-c2nc3ccc(Br)cn3c2C(c2ccc(F)cc2)C2C(=O)OC(C)(C)OC2=O)cc1. The molecular weight excluding hydrogens is 515 g/mol. The molecule has 1 aliphatic rings. The number of carbonyl (C=O) groups excluding carboxylic acids is 2. The molecule has 2 aromatic carbocycles. The molecule has 0 N–H and O–H groups in total. The smallest absolute Gasteiger partial charge is 0.324 e. The number of ether oxygens (including phenoxy) is 2. The molecule has 0 radical (unpaired) electrons. The summed E-state index contributed by atoms with van der Waals surface area (Å²) in [6, 6.07) is 17.3. The number of aromatic nitrogens is 2. The van der Waals surface area contributed by atoms with Crippen LogP contribution >= 0.6 is 15.9 Å². The van der Waals surface area contributed by atoms with Crippen molar-refractivity contribution < 1.29 is 23.5 Å². The molecule has 1 aliphatic heterocycles. The van der Waals surface area contributed by atoms with E-state index in [9.17, 15) is 14.0 Å². The van der Waals surface area contributed by atoms with Crippen molar-refractivity contribution in [2.24, 2.45) is 5.92 Å². The number of pyridine rings is 1. The van der Waals surface area contributed by atoms with Gasteiger partial charge in [-0.05, 0) is 52.7 Å². The first kappa shape index (κ1) is 23.2. The summed E-state index contributed by atoms with van der Waals surface area (Å²) in [7, 11) is 0. The molecule has 1 unspecified atom stereocenters. The van der Waals surface area contributed by atoms with Gasteiger partial charge in [-0.1, -0.05) is 42.0 Å². The van der Waals surface area contributed by atoms with Crippen molar-refractivity contribution in [2.75, 3.05) is 0 Å². The first-order valence-electron chi connectivity index (χ1n) is 11.1. The summed E-state index contributed by atoms with van der Waals surface area (Å²) in [5, 5.41) is 0. The van der Waals surface area contributed by atoms with Gasteiger partial charge in [0.1, 0.15) is 11.5 Å². The van der Waals surface area contributed by atoms with Gasteiger partial charge in [-0.25, -0.2) is 9.37 Å². The largest absolute Gasteiger partial charge is 0.422 e. The van der Waals surface area contributed by atoms with Crippen LogP contribution in [0.4, 0.5) is 4.39 Å². The van der Waals surface area contributed by atoms with Crippen LogP contribution in [0.2, 0.25) is 0 Å². The number of nitrogens with zero attached hydrogens (tertiary/aromatic N) is 2. The Hall–Kier alpha value is -3.52. The summed E-state index contributed by atoms with van der Waals surface area (Å²) in [4.78, 5) is 31.4. The number of hydrogen-bond donors (Lipinski definition) is 0. The van der Waals surface area contributed by atoms with Crippen LogP contribution in [0.15, 0.2) is 71.3 Å². The number of halogens is 2. The van der Waals surface area contributed by atoms with Crippen molar-refractivity contribution in [3.05, 3.63) is 94.0 Å². The van der Waals surface area contributed by atoms with Gasteiger partial charge in [-0.15, -0.1) is 0 Å². The molecule has 1 fully saturated rings. The maximum atomic E-state index is 13.9. The molecule has 0 saturated carbocycles. The summed E-state index contributed by atoms with van der Waals surface area (Å²) >= 11 is 3.51. The highest BCUT2D eigenvalue weighted by Gasteiger charge is 2.49. The maximum Gasteiger partial charge on any atom is 0.324 e. The van der Waals surface area contributed by atoms with Crippen LogP contribution in [0, 0.1) is 18.7 Å². The molecule has 5 rings (SSSR count). The van der Waals surface area contributed by atoms with E-state index < -0.39 is 35.4 Å². The van der Waals surface area contributed by atoms with E-state index in [4.69, 9.17) is 14.5 Å². The Labute approximate surface area is 209 Å². The molecule has 8 heteroatoms. The highest BCUT2D eigenvalue weighted by molar-refractivity contribution is 9.10. The van der Waals surface area contributed by atoms with Crippen LogP contribution in [0.5, 0.6) is 0 Å². The van der Waals surface area contributed by atoms with E-state index in [0.717, 1.165) is 15.6 Å². The lowest BCUT2D eigenvalue weighted by Gasteiger charge is -2.36. The van der Waals surface area contributed by atoms with Gasteiger partial charge >= 0.3 is 11.9 Å². The van der Waals surface area contributed by atoms with Gasteiger partial charge < -0.3 is 13.9 Å². The second-order valence-corrected chi connectivity index (χ2v) is 9.95. The zero-order valence-electron chi connectivity index (χ0n) is 19.3. The zero-order valence-corrected chi connectivity index (χ0v) is 20.9. The fourth-order valence-electron chi connectivity index (χ4n) is 4.44. The Bertz CT molecular complexity index is 1420. The quantitative estimate of drug-likeness (QED) is 0.243. The predicted octanol–water partition coefficient (Wildman–Crippen LogP) is 5.80. The standard InChI is InChI=1S/C27H22BrFN2O4/c1-15-4-6-17(7-5-15)23-24(31-14-18(28)10-13-20(31)30-23)21(16-8-11-19(29)12-9-16)22-25(32)34-27(2,3)35-26(22)33/h4-14,21-22H,1-3H3. The number of imidazole rings is 1. The average molecular weight is 537 g/mol. The van der Waals surface area contributed by atoms with Crippen LogP contribution in [0.3, 0.4) is 0 Å². The van der Waals surface area contributed by atoms with Crippen molar-refractivity contribution in [3.8, 4) is 11.3 Å². The van der Waals surface area contributed by atoms with E-state index in [2.05, 4.69) is 15.9 Å². The lowest BCUT2D eigenvalue weighted by molar-refractivity contribution is -0.240. The third-order valence-electron chi connectivity index (χ3n) is 6.00. The first-order valence-corrected chi connectivity index (χ1v) is 11.9. The topological polar surface area (TPSA) is 69.9 Å². The molecule has 4 aromatic rings. The number of aryl methyl sites for hydroxylation is 1. The van der Waals surface area contributed by atoms with Gasteiger partial charge in [-0.3, -0.25) is 9.59 Å². The van der Waals surface area contributed by atoms with Crippen LogP contribution in [0.25, 0.3) is 16.9 Å². The molecule has 0 amide bonds. The molecule has 1 atom stereocenters. The number of carbonyl (C=O) groups is 2. The summed E-state index contributed by atoms with van der Waals surface area (Å²) in [6.45, 7) is 5.01. The van der Waals surface area contributed by atoms with Crippen molar-refractivity contribution >= 4 is 33.5 Å². The number of cyclic esters (lactones) is 2. The van der Waals surface area contributed by atoms with E-state index in [1.165, 1.54) is 26.0 Å². The monoisotopic (exact) mass is 536 g/mol. The van der Waals surface area contributed by atoms with Crippen LogP contribution in [-0.4, -0.2) is 27.1 Å². The van der Waals surface area contributed by atoms with Crippen LogP contribution in [-0.2, 0) is 19.1 Å². The fraction of sp³-hybridized carbons (Fsp3) is 0.222. The summed E-state index contributed by atoms with van der Waals surface area (Å²) in [6.07, 6.45) is 1.83. The summed E-state index contributed by atoms with van der Waals surface area (Å²) in [5.74, 6) is -5.38. The van der Waals surface area contributed by atoms with Crippen molar-refractivity contribution in [1.29, 1.82) is 0 Å². The number of esters is 2. The minimum atomic E-state index is -1.37. The van der Waals surface area contributed by atoms with E-state index in [1.807, 2.05) is 53.9 Å². The van der Waals surface area contributed by atoms with E-state index in [1.54, 1.807) is 12.1 Å². The molecule has 0 spiro atoms. The molecule has 1 saturated heterocycles. The maximum absolute atomic E-state index is 13.9. The number of hydrogen-bond acceptors (Lipinski definition) is 5. The lowest BCUT2D eigenvalue weighted by atomic mass is 9.81. The Morgan fingerprint density at radius 1 is 0.971 bits per heavy atom. The molecule has 3 heterocycles. The van der Waals surface area contributed by atoms with E-state index in [-0.39, 0.29) is 0 Å². The Morgan fingerprint density at radius 2 is 1.60 bits per heavy atom. The van der Waals surface area contributed by atoms with E-state index in [0.29, 0.717) is 22.6 Å². The van der Waals surface area contributed by atoms with Crippen molar-refractivity contribution in [3.63, 3.8) is 0 Å². The number of benzene rings is 2. The van der Waals surface area contributed by atoms with Crippen LogP contribution in [0.1, 0.15) is 36.6 Å². The minimum Gasteiger partial charge on any atom is -0.422 e. The Balaban J connectivity index is 1.81.